The van der Waals surface area contributed by atoms with Gasteiger partial charge in [0.1, 0.15) is 0 Å². The molecular formula is C26H29N5O3. The van der Waals surface area contributed by atoms with Crippen molar-refractivity contribution in [2.24, 2.45) is 0 Å². The van der Waals surface area contributed by atoms with E-state index in [0.717, 1.165) is 37.3 Å². The number of aromatic nitrogens is 2. The van der Waals surface area contributed by atoms with Crippen molar-refractivity contribution in [3.8, 4) is 11.4 Å². The van der Waals surface area contributed by atoms with Crippen LogP contribution in [0.25, 0.3) is 11.4 Å². The molecule has 3 heterocycles. The molecule has 8 nitrogen and oxygen atoms in total. The van der Waals surface area contributed by atoms with E-state index in [4.69, 9.17) is 4.52 Å². The number of carbonyl (C=O) groups is 2. The van der Waals surface area contributed by atoms with E-state index in [1.54, 1.807) is 4.90 Å². The largest absolute Gasteiger partial charge is 0.337 e. The van der Waals surface area contributed by atoms with Crippen LogP contribution in [-0.4, -0.2) is 64.5 Å². The number of amides is 2. The van der Waals surface area contributed by atoms with Gasteiger partial charge >= 0.3 is 0 Å². The molecule has 0 saturated carbocycles. The van der Waals surface area contributed by atoms with Gasteiger partial charge in [0, 0.05) is 56.0 Å². The Morgan fingerprint density at radius 1 is 0.971 bits per heavy atom. The molecule has 3 aromatic rings. The molecule has 8 heteroatoms. The maximum Gasteiger partial charge on any atom is 0.253 e. The number of aryl methyl sites for hydroxylation is 1. The Balaban J connectivity index is 1.18. The highest BCUT2D eigenvalue weighted by atomic mass is 16.5. The van der Waals surface area contributed by atoms with Crippen molar-refractivity contribution in [3.63, 3.8) is 0 Å². The average Bonchev–Trinajstić information content (AvgIpc) is 3.53. The normalized spacial score (nSPS) is 17.9. The monoisotopic (exact) mass is 459 g/mol. The molecule has 2 aliphatic heterocycles. The second-order valence-corrected chi connectivity index (χ2v) is 9.02. The molecular weight excluding hydrogens is 430 g/mol. The predicted molar refractivity (Wildman–Crippen MR) is 128 cm³/mol. The molecule has 0 spiro atoms. The summed E-state index contributed by atoms with van der Waals surface area (Å²) < 4.78 is 5.56. The quantitative estimate of drug-likeness (QED) is 0.579. The van der Waals surface area contributed by atoms with E-state index in [9.17, 15) is 9.59 Å². The number of nitrogens with zero attached hydrogens (tertiary/aromatic N) is 5. The minimum atomic E-state index is -0.0266. The molecule has 34 heavy (non-hydrogen) atoms. The van der Waals surface area contributed by atoms with Crippen LogP contribution in [0.2, 0.25) is 0 Å². The highest BCUT2D eigenvalue weighted by Crippen LogP contribution is 2.25. The lowest BCUT2D eigenvalue weighted by molar-refractivity contribution is -0.117. The summed E-state index contributed by atoms with van der Waals surface area (Å²) in [6.07, 6.45) is 1.49. The fourth-order valence-corrected chi connectivity index (χ4v) is 4.58. The molecule has 2 amide bonds. The summed E-state index contributed by atoms with van der Waals surface area (Å²) in [6, 6.07) is 15.4. The highest BCUT2D eigenvalue weighted by Gasteiger charge is 2.28. The Hall–Kier alpha value is -3.52. The summed E-state index contributed by atoms with van der Waals surface area (Å²) in [6.45, 7) is 7.58. The Labute approximate surface area is 199 Å². The van der Waals surface area contributed by atoms with Crippen molar-refractivity contribution in [2.45, 2.75) is 32.7 Å². The first kappa shape index (κ1) is 22.3. The standard InChI is InChI=1S/C26H29N5O3/c1-18-5-7-20(8-6-18)24-27-25(34-28-24)19(2)29-14-16-30(17-15-29)26(33)21-9-11-22(12-10-21)31-13-3-4-23(31)32/h5-12,19H,3-4,13-17H2,1-2H3. The number of carbonyl (C=O) groups excluding carboxylic acids is 2. The van der Waals surface area contributed by atoms with Gasteiger partial charge in [-0.2, -0.15) is 4.98 Å². The number of benzene rings is 2. The molecule has 2 aromatic carbocycles. The molecule has 176 valence electrons. The third kappa shape index (κ3) is 4.46. The Bertz CT molecular complexity index is 1160. The number of rotatable bonds is 5. The smallest absolute Gasteiger partial charge is 0.253 e. The number of hydrogen-bond acceptors (Lipinski definition) is 6. The molecule has 0 N–H and O–H groups in total. The molecule has 0 aliphatic carbocycles. The van der Waals surface area contributed by atoms with E-state index < -0.39 is 0 Å². The van der Waals surface area contributed by atoms with Gasteiger partial charge in [0.15, 0.2) is 0 Å². The maximum absolute atomic E-state index is 13.0. The van der Waals surface area contributed by atoms with Gasteiger partial charge in [0.25, 0.3) is 5.91 Å². The molecule has 0 bridgehead atoms. The minimum absolute atomic E-state index is 0.0195. The second-order valence-electron chi connectivity index (χ2n) is 9.02. The van der Waals surface area contributed by atoms with Crippen LogP contribution in [0.5, 0.6) is 0 Å². The van der Waals surface area contributed by atoms with Crippen molar-refractivity contribution in [2.75, 3.05) is 37.6 Å². The van der Waals surface area contributed by atoms with E-state index in [1.165, 1.54) is 5.56 Å². The van der Waals surface area contributed by atoms with E-state index in [2.05, 4.69) is 22.0 Å². The first-order valence-corrected chi connectivity index (χ1v) is 11.8. The highest BCUT2D eigenvalue weighted by molar-refractivity contribution is 5.97. The third-order valence-electron chi connectivity index (χ3n) is 6.76. The first-order valence-electron chi connectivity index (χ1n) is 11.8. The lowest BCUT2D eigenvalue weighted by Gasteiger charge is -2.36. The lowest BCUT2D eigenvalue weighted by Crippen LogP contribution is -2.49. The zero-order valence-corrected chi connectivity index (χ0v) is 19.6. The van der Waals surface area contributed by atoms with E-state index in [1.807, 2.05) is 60.4 Å². The number of hydrogen-bond donors (Lipinski definition) is 0. The van der Waals surface area contributed by atoms with Gasteiger partial charge in [-0.1, -0.05) is 35.0 Å². The fraction of sp³-hybridized carbons (Fsp3) is 0.385. The molecule has 1 aromatic heterocycles. The van der Waals surface area contributed by atoms with E-state index in [-0.39, 0.29) is 17.9 Å². The van der Waals surface area contributed by atoms with Crippen LogP contribution in [0, 0.1) is 6.92 Å². The molecule has 5 rings (SSSR count). The van der Waals surface area contributed by atoms with Crippen molar-refractivity contribution in [1.29, 1.82) is 0 Å². The van der Waals surface area contributed by atoms with Gasteiger partial charge in [-0.05, 0) is 44.5 Å². The molecule has 0 radical (unpaired) electrons. The summed E-state index contributed by atoms with van der Waals surface area (Å²) in [4.78, 5) is 35.5. The summed E-state index contributed by atoms with van der Waals surface area (Å²) in [5.74, 6) is 1.35. The van der Waals surface area contributed by atoms with E-state index in [0.29, 0.717) is 36.8 Å². The van der Waals surface area contributed by atoms with Crippen LogP contribution in [-0.2, 0) is 4.79 Å². The summed E-state index contributed by atoms with van der Waals surface area (Å²) >= 11 is 0. The lowest BCUT2D eigenvalue weighted by atomic mass is 10.1. The summed E-state index contributed by atoms with van der Waals surface area (Å²) in [7, 11) is 0. The number of piperazine rings is 1. The fourth-order valence-electron chi connectivity index (χ4n) is 4.58. The van der Waals surface area contributed by atoms with Gasteiger partial charge in [-0.3, -0.25) is 14.5 Å². The van der Waals surface area contributed by atoms with Gasteiger partial charge in [-0.25, -0.2) is 0 Å². The number of anilines is 1. The summed E-state index contributed by atoms with van der Waals surface area (Å²) in [5.41, 5.74) is 3.63. The topological polar surface area (TPSA) is 82.8 Å². The van der Waals surface area contributed by atoms with Crippen LogP contribution in [0.15, 0.2) is 53.1 Å². The molecule has 1 unspecified atom stereocenters. The molecule has 2 saturated heterocycles. The second kappa shape index (κ2) is 9.38. The van der Waals surface area contributed by atoms with Gasteiger partial charge in [0.2, 0.25) is 17.6 Å². The van der Waals surface area contributed by atoms with Crippen molar-refractivity contribution >= 4 is 17.5 Å². The van der Waals surface area contributed by atoms with Crippen molar-refractivity contribution in [1.82, 2.24) is 19.9 Å². The van der Waals surface area contributed by atoms with Crippen LogP contribution >= 0.6 is 0 Å². The Morgan fingerprint density at radius 2 is 1.68 bits per heavy atom. The van der Waals surface area contributed by atoms with Gasteiger partial charge < -0.3 is 14.3 Å². The zero-order chi connectivity index (χ0) is 23.7. The Morgan fingerprint density at radius 3 is 2.32 bits per heavy atom. The van der Waals surface area contributed by atoms with Crippen LogP contribution < -0.4 is 4.90 Å². The van der Waals surface area contributed by atoms with Crippen LogP contribution in [0.3, 0.4) is 0 Å². The predicted octanol–water partition coefficient (Wildman–Crippen LogP) is 3.69. The average molecular weight is 460 g/mol. The van der Waals surface area contributed by atoms with Gasteiger partial charge in [0.05, 0.1) is 6.04 Å². The minimum Gasteiger partial charge on any atom is -0.337 e. The molecule has 2 aliphatic rings. The maximum atomic E-state index is 13.0. The summed E-state index contributed by atoms with van der Waals surface area (Å²) in [5, 5.41) is 4.15. The molecule has 2 fully saturated rings. The van der Waals surface area contributed by atoms with E-state index >= 15 is 0 Å². The SMILES string of the molecule is Cc1ccc(-c2noc(C(C)N3CCN(C(=O)c4ccc(N5CCCC5=O)cc4)CC3)n2)cc1. The van der Waals surface area contributed by atoms with Crippen LogP contribution in [0.1, 0.15) is 47.6 Å². The van der Waals surface area contributed by atoms with Crippen molar-refractivity contribution in [3.05, 3.63) is 65.5 Å². The third-order valence-corrected chi connectivity index (χ3v) is 6.76. The Kier molecular flexibility index (Phi) is 6.15. The van der Waals surface area contributed by atoms with Crippen LogP contribution in [0.4, 0.5) is 5.69 Å². The van der Waals surface area contributed by atoms with Gasteiger partial charge in [-0.15, -0.1) is 0 Å². The molecule has 1 atom stereocenters. The first-order chi connectivity index (χ1) is 16.5. The van der Waals surface area contributed by atoms with Crippen molar-refractivity contribution < 1.29 is 14.1 Å². The zero-order valence-electron chi connectivity index (χ0n) is 19.6.